The summed E-state index contributed by atoms with van der Waals surface area (Å²) in [5.41, 5.74) is 2.61. The number of benzene rings is 1. The summed E-state index contributed by atoms with van der Waals surface area (Å²) in [6.45, 7) is 13.2. The van der Waals surface area contributed by atoms with Crippen LogP contribution in [0.1, 0.15) is 52.0 Å². The monoisotopic (exact) mass is 300 g/mol. The lowest BCUT2D eigenvalue weighted by Gasteiger charge is -2.30. The highest BCUT2D eigenvalue weighted by atomic mass is 15.2. The van der Waals surface area contributed by atoms with Gasteiger partial charge in [0.05, 0.1) is 0 Å². The first kappa shape index (κ1) is 17.1. The van der Waals surface area contributed by atoms with E-state index < -0.39 is 0 Å². The van der Waals surface area contributed by atoms with Gasteiger partial charge in [0.2, 0.25) is 0 Å². The van der Waals surface area contributed by atoms with Crippen molar-refractivity contribution in [1.29, 1.82) is 0 Å². The standard InChI is InChI=1S/C20H32N2/c1-5-19(21-17(4)16(2)3)14-20-12-9-13-22(20)15-18-10-7-6-8-11-18/h6-8,10-11,16,19-21H,4-5,9,12-15H2,1-3H3. The van der Waals surface area contributed by atoms with Crippen molar-refractivity contribution in [3.63, 3.8) is 0 Å². The van der Waals surface area contributed by atoms with Crippen LogP contribution in [0.15, 0.2) is 42.6 Å². The lowest BCUT2D eigenvalue weighted by Crippen LogP contribution is -2.38. The maximum atomic E-state index is 4.18. The molecule has 2 rings (SSSR count). The molecule has 0 amide bonds. The van der Waals surface area contributed by atoms with Crippen molar-refractivity contribution in [3.8, 4) is 0 Å². The number of rotatable bonds is 8. The number of nitrogens with zero attached hydrogens (tertiary/aromatic N) is 1. The van der Waals surface area contributed by atoms with Crippen molar-refractivity contribution in [2.45, 2.75) is 65.1 Å². The third-order valence-electron chi connectivity index (χ3n) is 4.86. The zero-order chi connectivity index (χ0) is 15.9. The van der Waals surface area contributed by atoms with Crippen LogP contribution in [0.4, 0.5) is 0 Å². The first-order valence-corrected chi connectivity index (χ1v) is 8.83. The molecule has 1 aromatic rings. The van der Waals surface area contributed by atoms with Crippen LogP contribution in [0.2, 0.25) is 0 Å². The summed E-state index contributed by atoms with van der Waals surface area (Å²) in [5.74, 6) is 0.512. The maximum Gasteiger partial charge on any atom is 0.0270 e. The Morgan fingerprint density at radius 3 is 2.68 bits per heavy atom. The summed E-state index contributed by atoms with van der Waals surface area (Å²) >= 11 is 0. The molecule has 0 radical (unpaired) electrons. The van der Waals surface area contributed by atoms with E-state index >= 15 is 0 Å². The van der Waals surface area contributed by atoms with Gasteiger partial charge in [-0.05, 0) is 43.7 Å². The molecule has 1 heterocycles. The van der Waals surface area contributed by atoms with E-state index in [9.17, 15) is 0 Å². The molecule has 1 fully saturated rings. The third kappa shape index (κ3) is 4.88. The second-order valence-electron chi connectivity index (χ2n) is 6.92. The fourth-order valence-electron chi connectivity index (χ4n) is 3.27. The van der Waals surface area contributed by atoms with Crippen molar-refractivity contribution in [1.82, 2.24) is 10.2 Å². The summed E-state index contributed by atoms with van der Waals surface area (Å²) in [6.07, 6.45) is 5.06. The second-order valence-corrected chi connectivity index (χ2v) is 6.92. The average Bonchev–Trinajstić information content (AvgIpc) is 2.94. The number of hydrogen-bond acceptors (Lipinski definition) is 2. The Hall–Kier alpha value is -1.28. The zero-order valence-electron chi connectivity index (χ0n) is 14.5. The molecule has 0 aromatic heterocycles. The molecule has 122 valence electrons. The van der Waals surface area contributed by atoms with Crippen LogP contribution in [-0.2, 0) is 6.54 Å². The lowest BCUT2D eigenvalue weighted by molar-refractivity contribution is 0.217. The van der Waals surface area contributed by atoms with Gasteiger partial charge in [-0.25, -0.2) is 0 Å². The predicted octanol–water partition coefficient (Wildman–Crippen LogP) is 4.58. The van der Waals surface area contributed by atoms with E-state index in [2.05, 4.69) is 67.9 Å². The molecule has 2 atom stereocenters. The molecule has 2 nitrogen and oxygen atoms in total. The Labute approximate surface area is 136 Å². The van der Waals surface area contributed by atoms with E-state index in [-0.39, 0.29) is 0 Å². The van der Waals surface area contributed by atoms with Gasteiger partial charge in [0.15, 0.2) is 0 Å². The lowest BCUT2D eigenvalue weighted by atomic mass is 10.0. The van der Waals surface area contributed by atoms with Gasteiger partial charge >= 0.3 is 0 Å². The Morgan fingerprint density at radius 1 is 1.32 bits per heavy atom. The van der Waals surface area contributed by atoms with E-state index in [0.29, 0.717) is 18.0 Å². The average molecular weight is 300 g/mol. The first-order chi connectivity index (χ1) is 10.6. The normalized spacial score (nSPS) is 20.3. The van der Waals surface area contributed by atoms with Crippen molar-refractivity contribution in [2.75, 3.05) is 6.54 Å². The Balaban J connectivity index is 1.90. The molecule has 2 unspecified atom stereocenters. The third-order valence-corrected chi connectivity index (χ3v) is 4.86. The quantitative estimate of drug-likeness (QED) is 0.756. The molecule has 0 spiro atoms. The second kappa shape index (κ2) is 8.38. The maximum absolute atomic E-state index is 4.18. The minimum Gasteiger partial charge on any atom is -0.386 e. The Bertz CT molecular complexity index is 452. The van der Waals surface area contributed by atoms with Gasteiger partial charge in [0, 0.05) is 24.3 Å². The molecule has 1 aliphatic rings. The van der Waals surface area contributed by atoms with Gasteiger partial charge < -0.3 is 5.32 Å². The topological polar surface area (TPSA) is 15.3 Å². The first-order valence-electron chi connectivity index (χ1n) is 8.83. The molecule has 0 bridgehead atoms. The van der Waals surface area contributed by atoms with Crippen LogP contribution in [0.5, 0.6) is 0 Å². The number of hydrogen-bond donors (Lipinski definition) is 1. The fraction of sp³-hybridized carbons (Fsp3) is 0.600. The number of nitrogens with one attached hydrogen (secondary N) is 1. The van der Waals surface area contributed by atoms with E-state index in [1.807, 2.05) is 0 Å². The summed E-state index contributed by atoms with van der Waals surface area (Å²) < 4.78 is 0. The van der Waals surface area contributed by atoms with E-state index in [1.54, 1.807) is 0 Å². The molecule has 1 aromatic carbocycles. The highest BCUT2D eigenvalue weighted by Crippen LogP contribution is 2.24. The van der Waals surface area contributed by atoms with Crippen LogP contribution in [0.3, 0.4) is 0 Å². The fourth-order valence-corrected chi connectivity index (χ4v) is 3.27. The largest absolute Gasteiger partial charge is 0.386 e. The molecule has 2 heteroatoms. The van der Waals surface area contributed by atoms with Gasteiger partial charge in [-0.1, -0.05) is 57.7 Å². The summed E-state index contributed by atoms with van der Waals surface area (Å²) in [6, 6.07) is 12.1. The molecular formula is C20H32N2. The SMILES string of the molecule is C=C(NC(CC)CC1CCCN1Cc1ccccc1)C(C)C. The van der Waals surface area contributed by atoms with Gasteiger partial charge in [0.25, 0.3) is 0 Å². The van der Waals surface area contributed by atoms with Crippen molar-refractivity contribution in [2.24, 2.45) is 5.92 Å². The predicted molar refractivity (Wildman–Crippen MR) is 95.7 cm³/mol. The van der Waals surface area contributed by atoms with E-state index in [1.165, 1.54) is 43.5 Å². The number of allylic oxidation sites excluding steroid dienone is 1. The van der Waals surface area contributed by atoms with E-state index in [0.717, 1.165) is 6.54 Å². The van der Waals surface area contributed by atoms with Crippen molar-refractivity contribution < 1.29 is 0 Å². The minimum absolute atomic E-state index is 0.512. The molecule has 0 saturated carbocycles. The Morgan fingerprint density at radius 2 is 2.05 bits per heavy atom. The summed E-state index contributed by atoms with van der Waals surface area (Å²) in [7, 11) is 0. The van der Waals surface area contributed by atoms with E-state index in [4.69, 9.17) is 0 Å². The van der Waals surface area contributed by atoms with Gasteiger partial charge in [-0.15, -0.1) is 0 Å². The van der Waals surface area contributed by atoms with Gasteiger partial charge in [-0.2, -0.15) is 0 Å². The highest BCUT2D eigenvalue weighted by Gasteiger charge is 2.26. The van der Waals surface area contributed by atoms with Gasteiger partial charge in [-0.3, -0.25) is 4.90 Å². The summed E-state index contributed by atoms with van der Waals surface area (Å²) in [4.78, 5) is 2.66. The van der Waals surface area contributed by atoms with Crippen LogP contribution in [0, 0.1) is 5.92 Å². The zero-order valence-corrected chi connectivity index (χ0v) is 14.5. The molecule has 1 N–H and O–H groups in total. The molecule has 1 aliphatic heterocycles. The Kier molecular flexibility index (Phi) is 6.50. The van der Waals surface area contributed by atoms with Crippen LogP contribution >= 0.6 is 0 Å². The molecular weight excluding hydrogens is 268 g/mol. The number of likely N-dealkylation sites (tertiary alicyclic amines) is 1. The van der Waals surface area contributed by atoms with Crippen LogP contribution in [0.25, 0.3) is 0 Å². The van der Waals surface area contributed by atoms with Crippen molar-refractivity contribution in [3.05, 3.63) is 48.2 Å². The van der Waals surface area contributed by atoms with Crippen molar-refractivity contribution >= 4 is 0 Å². The van der Waals surface area contributed by atoms with Crippen LogP contribution < -0.4 is 5.32 Å². The molecule has 1 saturated heterocycles. The smallest absolute Gasteiger partial charge is 0.0270 e. The minimum atomic E-state index is 0.512. The van der Waals surface area contributed by atoms with Crippen LogP contribution in [-0.4, -0.2) is 23.5 Å². The highest BCUT2D eigenvalue weighted by molar-refractivity contribution is 5.14. The molecule has 0 aliphatic carbocycles. The van der Waals surface area contributed by atoms with Gasteiger partial charge in [0.1, 0.15) is 0 Å². The summed E-state index contributed by atoms with van der Waals surface area (Å²) in [5, 5.41) is 3.66. The molecule has 22 heavy (non-hydrogen) atoms.